The van der Waals surface area contributed by atoms with Crippen molar-refractivity contribution >= 4 is 5.91 Å². The third-order valence-electron chi connectivity index (χ3n) is 4.47. The molecule has 8 nitrogen and oxygen atoms in total. The predicted octanol–water partition coefficient (Wildman–Crippen LogP) is 1.04. The lowest BCUT2D eigenvalue weighted by atomic mass is 9.96. The van der Waals surface area contributed by atoms with E-state index in [1.165, 1.54) is 6.33 Å². The Morgan fingerprint density at radius 1 is 1.33 bits per heavy atom. The van der Waals surface area contributed by atoms with Gasteiger partial charge in [-0.2, -0.15) is 5.10 Å². The number of nitrogens with one attached hydrogen (secondary N) is 1. The van der Waals surface area contributed by atoms with E-state index in [0.717, 1.165) is 18.5 Å². The molecule has 0 aromatic carbocycles. The first kappa shape index (κ1) is 16.4. The van der Waals surface area contributed by atoms with E-state index >= 15 is 0 Å². The minimum absolute atomic E-state index is 0.00568. The maximum absolute atomic E-state index is 12.2. The standard InChI is InChI=1S/C16H22N6O2/c1-11(2)13-7-14(23)22(10-18-13)8-12-3-5-21(6-4-12)16(24)15-17-9-19-20-15/h7,9-12H,3-6,8H2,1-2H3,(H,17,19,20). The molecule has 0 spiro atoms. The highest BCUT2D eigenvalue weighted by Crippen LogP contribution is 2.19. The van der Waals surface area contributed by atoms with E-state index in [4.69, 9.17) is 0 Å². The van der Waals surface area contributed by atoms with Gasteiger partial charge in [0.25, 0.3) is 11.5 Å². The Hall–Kier alpha value is -2.51. The number of amides is 1. The second-order valence-corrected chi connectivity index (χ2v) is 6.53. The molecule has 1 N–H and O–H groups in total. The van der Waals surface area contributed by atoms with Crippen molar-refractivity contribution in [3.63, 3.8) is 0 Å². The van der Waals surface area contributed by atoms with Crippen molar-refractivity contribution in [1.29, 1.82) is 0 Å². The summed E-state index contributed by atoms with van der Waals surface area (Å²) in [5.74, 6) is 0.773. The normalized spacial score (nSPS) is 15.9. The van der Waals surface area contributed by atoms with Gasteiger partial charge in [-0.05, 0) is 24.7 Å². The zero-order valence-electron chi connectivity index (χ0n) is 14.0. The molecule has 1 aliphatic rings. The molecule has 3 heterocycles. The highest BCUT2D eigenvalue weighted by Gasteiger charge is 2.25. The van der Waals surface area contributed by atoms with Gasteiger partial charge in [-0.3, -0.25) is 19.3 Å². The molecule has 0 aliphatic carbocycles. The molecule has 0 atom stereocenters. The zero-order chi connectivity index (χ0) is 17.1. The fraction of sp³-hybridized carbons (Fsp3) is 0.562. The molecular weight excluding hydrogens is 308 g/mol. The van der Waals surface area contributed by atoms with Crippen molar-refractivity contribution in [1.82, 2.24) is 29.6 Å². The van der Waals surface area contributed by atoms with Crippen LogP contribution in [0, 0.1) is 5.92 Å². The molecule has 0 unspecified atom stereocenters. The number of nitrogens with zero attached hydrogens (tertiary/aromatic N) is 5. The quantitative estimate of drug-likeness (QED) is 0.903. The van der Waals surface area contributed by atoms with E-state index in [1.807, 2.05) is 13.8 Å². The molecule has 1 saturated heterocycles. The zero-order valence-corrected chi connectivity index (χ0v) is 14.0. The number of carbonyl (C=O) groups excluding carboxylic acids is 1. The third kappa shape index (κ3) is 3.52. The van der Waals surface area contributed by atoms with Crippen molar-refractivity contribution < 1.29 is 4.79 Å². The van der Waals surface area contributed by atoms with Gasteiger partial charge in [-0.25, -0.2) is 9.97 Å². The van der Waals surface area contributed by atoms with Crippen LogP contribution in [0.4, 0.5) is 0 Å². The summed E-state index contributed by atoms with van der Waals surface area (Å²) in [4.78, 5) is 34.4. The molecular formula is C16H22N6O2. The second-order valence-electron chi connectivity index (χ2n) is 6.53. The van der Waals surface area contributed by atoms with E-state index in [9.17, 15) is 9.59 Å². The minimum Gasteiger partial charge on any atom is -0.336 e. The van der Waals surface area contributed by atoms with Gasteiger partial charge in [-0.1, -0.05) is 13.8 Å². The second kappa shape index (κ2) is 6.94. The van der Waals surface area contributed by atoms with Crippen LogP contribution in [0.1, 0.15) is 48.9 Å². The lowest BCUT2D eigenvalue weighted by molar-refractivity contribution is 0.0670. The van der Waals surface area contributed by atoms with Gasteiger partial charge in [0.1, 0.15) is 6.33 Å². The topological polar surface area (TPSA) is 96.8 Å². The number of hydrogen-bond donors (Lipinski definition) is 1. The largest absolute Gasteiger partial charge is 0.336 e. The molecule has 2 aromatic heterocycles. The summed E-state index contributed by atoms with van der Waals surface area (Å²) >= 11 is 0. The van der Waals surface area contributed by atoms with E-state index < -0.39 is 0 Å². The first-order chi connectivity index (χ1) is 11.5. The van der Waals surface area contributed by atoms with Crippen LogP contribution in [-0.2, 0) is 6.54 Å². The molecule has 0 bridgehead atoms. The van der Waals surface area contributed by atoms with Crippen LogP contribution in [0.5, 0.6) is 0 Å². The smallest absolute Gasteiger partial charge is 0.291 e. The van der Waals surface area contributed by atoms with Crippen molar-refractivity contribution in [3.8, 4) is 0 Å². The number of rotatable bonds is 4. The third-order valence-corrected chi connectivity index (χ3v) is 4.47. The molecule has 0 saturated carbocycles. The number of carbonyl (C=O) groups is 1. The van der Waals surface area contributed by atoms with Gasteiger partial charge in [-0.15, -0.1) is 0 Å². The summed E-state index contributed by atoms with van der Waals surface area (Å²) in [6.45, 7) is 6.02. The van der Waals surface area contributed by atoms with Crippen molar-refractivity contribution in [2.24, 2.45) is 5.92 Å². The van der Waals surface area contributed by atoms with E-state index in [1.54, 1.807) is 21.9 Å². The Labute approximate surface area is 139 Å². The van der Waals surface area contributed by atoms with Gasteiger partial charge in [0.2, 0.25) is 5.82 Å². The molecule has 1 amide bonds. The van der Waals surface area contributed by atoms with Crippen LogP contribution in [0.3, 0.4) is 0 Å². The van der Waals surface area contributed by atoms with E-state index in [0.29, 0.717) is 25.6 Å². The molecule has 128 valence electrons. The van der Waals surface area contributed by atoms with Gasteiger partial charge in [0.15, 0.2) is 0 Å². The fourth-order valence-corrected chi connectivity index (χ4v) is 2.95. The number of piperidine rings is 1. The van der Waals surface area contributed by atoms with Crippen molar-refractivity contribution in [2.75, 3.05) is 13.1 Å². The van der Waals surface area contributed by atoms with Crippen LogP contribution in [0.25, 0.3) is 0 Å². The molecule has 1 fully saturated rings. The summed E-state index contributed by atoms with van der Waals surface area (Å²) in [7, 11) is 0. The Bertz CT molecular complexity index is 744. The number of likely N-dealkylation sites (tertiary alicyclic amines) is 1. The monoisotopic (exact) mass is 330 g/mol. The number of aromatic amines is 1. The Morgan fingerprint density at radius 2 is 2.08 bits per heavy atom. The van der Waals surface area contributed by atoms with Crippen LogP contribution in [-0.4, -0.2) is 48.6 Å². The van der Waals surface area contributed by atoms with E-state index in [-0.39, 0.29) is 23.2 Å². The summed E-state index contributed by atoms with van der Waals surface area (Å²) in [5.41, 5.74) is 0.817. The Kier molecular flexibility index (Phi) is 4.73. The highest BCUT2D eigenvalue weighted by molar-refractivity contribution is 5.90. The minimum atomic E-state index is -0.119. The van der Waals surface area contributed by atoms with Gasteiger partial charge in [0.05, 0.1) is 12.0 Å². The van der Waals surface area contributed by atoms with Crippen LogP contribution in [0.2, 0.25) is 0 Å². The highest BCUT2D eigenvalue weighted by atomic mass is 16.2. The molecule has 0 radical (unpaired) electrons. The van der Waals surface area contributed by atoms with Gasteiger partial charge < -0.3 is 4.90 Å². The summed E-state index contributed by atoms with van der Waals surface area (Å²) in [6, 6.07) is 1.62. The molecule has 2 aromatic rings. The number of H-pyrrole nitrogens is 1. The summed E-state index contributed by atoms with van der Waals surface area (Å²) in [5, 5.41) is 6.31. The molecule has 8 heteroatoms. The lowest BCUT2D eigenvalue weighted by Crippen LogP contribution is -2.40. The van der Waals surface area contributed by atoms with Crippen LogP contribution >= 0.6 is 0 Å². The molecule has 24 heavy (non-hydrogen) atoms. The lowest BCUT2D eigenvalue weighted by Gasteiger charge is -2.31. The van der Waals surface area contributed by atoms with Gasteiger partial charge in [0, 0.05) is 25.7 Å². The maximum atomic E-state index is 12.2. The first-order valence-corrected chi connectivity index (χ1v) is 8.25. The summed E-state index contributed by atoms with van der Waals surface area (Å²) in [6.07, 6.45) is 4.69. The number of hydrogen-bond acceptors (Lipinski definition) is 5. The average molecular weight is 330 g/mol. The van der Waals surface area contributed by atoms with Crippen molar-refractivity contribution in [2.45, 2.75) is 39.2 Å². The fourth-order valence-electron chi connectivity index (χ4n) is 2.95. The first-order valence-electron chi connectivity index (χ1n) is 8.25. The number of aromatic nitrogens is 5. The predicted molar refractivity (Wildman–Crippen MR) is 87.6 cm³/mol. The van der Waals surface area contributed by atoms with Gasteiger partial charge >= 0.3 is 0 Å². The Balaban J connectivity index is 1.58. The summed E-state index contributed by atoms with van der Waals surface area (Å²) < 4.78 is 1.67. The van der Waals surface area contributed by atoms with Crippen LogP contribution in [0.15, 0.2) is 23.5 Å². The maximum Gasteiger partial charge on any atom is 0.291 e. The van der Waals surface area contributed by atoms with Crippen molar-refractivity contribution in [3.05, 3.63) is 40.6 Å². The molecule has 3 rings (SSSR count). The van der Waals surface area contributed by atoms with E-state index in [2.05, 4.69) is 20.2 Å². The average Bonchev–Trinajstić information content (AvgIpc) is 3.11. The Morgan fingerprint density at radius 3 is 2.67 bits per heavy atom. The van der Waals surface area contributed by atoms with Crippen LogP contribution < -0.4 is 5.56 Å². The molecule has 1 aliphatic heterocycles. The SMILES string of the molecule is CC(C)c1cc(=O)n(CC2CCN(C(=O)c3ncn[nH]3)CC2)cn1.